The van der Waals surface area contributed by atoms with Crippen LogP contribution in [-0.2, 0) is 6.54 Å². The van der Waals surface area contributed by atoms with Crippen LogP contribution in [0.3, 0.4) is 0 Å². The van der Waals surface area contributed by atoms with Crippen LogP contribution in [0.5, 0.6) is 5.75 Å². The second-order valence-corrected chi connectivity index (χ2v) is 6.40. The van der Waals surface area contributed by atoms with Crippen molar-refractivity contribution in [2.45, 2.75) is 58.5 Å². The van der Waals surface area contributed by atoms with Crippen molar-refractivity contribution in [3.8, 4) is 5.75 Å². The largest absolute Gasteiger partial charge is 0.496 e. The summed E-state index contributed by atoms with van der Waals surface area (Å²) in [6.45, 7) is 5.65. The van der Waals surface area contributed by atoms with Gasteiger partial charge in [0.25, 0.3) is 0 Å². The van der Waals surface area contributed by atoms with Crippen molar-refractivity contribution in [3.63, 3.8) is 0 Å². The Morgan fingerprint density at radius 3 is 2.70 bits per heavy atom. The Labute approximate surface area is 123 Å². The number of hydrogen-bond donors (Lipinski definition) is 1. The normalized spacial score (nSPS) is 23.6. The molecule has 112 valence electrons. The molecule has 2 unspecified atom stereocenters. The van der Waals surface area contributed by atoms with Crippen LogP contribution in [0.2, 0.25) is 0 Å². The maximum absolute atomic E-state index is 5.42. The van der Waals surface area contributed by atoms with Crippen LogP contribution in [0, 0.1) is 11.8 Å². The van der Waals surface area contributed by atoms with Crippen LogP contribution in [0.25, 0.3) is 0 Å². The van der Waals surface area contributed by atoms with E-state index in [0.717, 1.165) is 24.1 Å². The molecule has 1 aliphatic rings. The summed E-state index contributed by atoms with van der Waals surface area (Å²) in [6.07, 6.45) is 6.79. The minimum atomic E-state index is 0.670. The van der Waals surface area contributed by atoms with Crippen LogP contribution in [0.1, 0.15) is 51.5 Å². The van der Waals surface area contributed by atoms with Crippen LogP contribution in [-0.4, -0.2) is 13.2 Å². The van der Waals surface area contributed by atoms with Gasteiger partial charge in [-0.1, -0.05) is 44.9 Å². The quantitative estimate of drug-likeness (QED) is 0.805. The zero-order chi connectivity index (χ0) is 14.4. The average Bonchev–Trinajstić information content (AvgIpc) is 2.71. The molecule has 1 fully saturated rings. The lowest BCUT2D eigenvalue weighted by Crippen LogP contribution is -2.28. The van der Waals surface area contributed by atoms with E-state index < -0.39 is 0 Å². The average molecular weight is 275 g/mol. The fraction of sp³-hybridized carbons (Fsp3) is 0.667. The lowest BCUT2D eigenvalue weighted by Gasteiger charge is -2.19. The number of para-hydroxylation sites is 1. The summed E-state index contributed by atoms with van der Waals surface area (Å²) in [5.74, 6) is 2.75. The summed E-state index contributed by atoms with van der Waals surface area (Å²) in [7, 11) is 1.75. The summed E-state index contributed by atoms with van der Waals surface area (Å²) < 4.78 is 5.42. The van der Waals surface area contributed by atoms with Gasteiger partial charge in [-0.3, -0.25) is 0 Å². The number of rotatable bonds is 5. The Morgan fingerprint density at radius 2 is 1.95 bits per heavy atom. The third-order valence-electron chi connectivity index (χ3n) is 4.73. The molecule has 1 N–H and O–H groups in total. The highest BCUT2D eigenvalue weighted by Crippen LogP contribution is 2.29. The van der Waals surface area contributed by atoms with Gasteiger partial charge in [0.15, 0.2) is 0 Å². The molecule has 0 aliphatic heterocycles. The van der Waals surface area contributed by atoms with Crippen LogP contribution < -0.4 is 10.1 Å². The van der Waals surface area contributed by atoms with Gasteiger partial charge in [0, 0.05) is 18.2 Å². The molecule has 1 aliphatic carbocycles. The minimum Gasteiger partial charge on any atom is -0.496 e. The zero-order valence-electron chi connectivity index (χ0n) is 13.2. The molecule has 2 heteroatoms. The van der Waals surface area contributed by atoms with Crippen LogP contribution in [0.15, 0.2) is 24.3 Å². The second-order valence-electron chi connectivity index (χ2n) is 6.40. The van der Waals surface area contributed by atoms with E-state index in [1.807, 2.05) is 12.1 Å². The second kappa shape index (κ2) is 7.68. The van der Waals surface area contributed by atoms with Gasteiger partial charge in [0.05, 0.1) is 7.11 Å². The van der Waals surface area contributed by atoms with E-state index in [9.17, 15) is 0 Å². The first-order valence-electron chi connectivity index (χ1n) is 8.06. The van der Waals surface area contributed by atoms with Gasteiger partial charge in [-0.05, 0) is 37.2 Å². The topological polar surface area (TPSA) is 21.3 Å². The molecule has 1 aromatic rings. The van der Waals surface area contributed by atoms with Crippen molar-refractivity contribution in [3.05, 3.63) is 29.8 Å². The number of ether oxygens (including phenoxy) is 1. The summed E-state index contributed by atoms with van der Waals surface area (Å²) in [4.78, 5) is 0. The van der Waals surface area contributed by atoms with E-state index in [-0.39, 0.29) is 0 Å². The van der Waals surface area contributed by atoms with Crippen molar-refractivity contribution in [1.82, 2.24) is 5.32 Å². The maximum Gasteiger partial charge on any atom is 0.123 e. The van der Waals surface area contributed by atoms with E-state index in [0.29, 0.717) is 6.04 Å². The lowest BCUT2D eigenvalue weighted by molar-refractivity contribution is 0.337. The molecular formula is C18H29NO. The Hall–Kier alpha value is -1.02. The third-order valence-corrected chi connectivity index (χ3v) is 4.73. The lowest BCUT2D eigenvalue weighted by atomic mass is 9.89. The third kappa shape index (κ3) is 4.24. The molecule has 0 radical (unpaired) electrons. The van der Waals surface area contributed by atoms with Gasteiger partial charge in [0.1, 0.15) is 5.75 Å². The molecule has 2 atom stereocenters. The highest BCUT2D eigenvalue weighted by atomic mass is 16.5. The van der Waals surface area contributed by atoms with Gasteiger partial charge < -0.3 is 10.1 Å². The standard InChI is InChI=1S/C18H29NO/c1-14(2)15-8-6-9-17(12-11-15)19-13-16-7-4-5-10-18(16)20-3/h4-5,7,10,14-15,17,19H,6,8-9,11-13H2,1-3H3. The first-order chi connectivity index (χ1) is 9.70. The molecule has 0 bridgehead atoms. The molecule has 0 spiro atoms. The number of benzene rings is 1. The van der Waals surface area contributed by atoms with Gasteiger partial charge >= 0.3 is 0 Å². The number of hydrogen-bond acceptors (Lipinski definition) is 2. The van der Waals surface area contributed by atoms with Gasteiger partial charge in [0.2, 0.25) is 0 Å². The predicted molar refractivity (Wildman–Crippen MR) is 85.0 cm³/mol. The van der Waals surface area contributed by atoms with Crippen molar-refractivity contribution >= 4 is 0 Å². The highest BCUT2D eigenvalue weighted by Gasteiger charge is 2.20. The SMILES string of the molecule is COc1ccccc1CNC1CCCC(C(C)C)CC1. The van der Waals surface area contributed by atoms with E-state index in [2.05, 4.69) is 31.3 Å². The number of nitrogens with one attached hydrogen (secondary N) is 1. The fourth-order valence-corrected chi connectivity index (χ4v) is 3.30. The van der Waals surface area contributed by atoms with Crippen LogP contribution >= 0.6 is 0 Å². The molecule has 0 amide bonds. The molecular weight excluding hydrogens is 246 g/mol. The summed E-state index contributed by atoms with van der Waals surface area (Å²) in [6, 6.07) is 8.98. The van der Waals surface area contributed by atoms with Crippen molar-refractivity contribution < 1.29 is 4.74 Å². The van der Waals surface area contributed by atoms with E-state index in [4.69, 9.17) is 4.74 Å². The van der Waals surface area contributed by atoms with E-state index >= 15 is 0 Å². The van der Waals surface area contributed by atoms with Gasteiger partial charge in [-0.25, -0.2) is 0 Å². The Kier molecular flexibility index (Phi) is 5.90. The molecule has 2 nitrogen and oxygen atoms in total. The monoisotopic (exact) mass is 275 g/mol. The zero-order valence-corrected chi connectivity index (χ0v) is 13.2. The summed E-state index contributed by atoms with van der Waals surface area (Å²) >= 11 is 0. The summed E-state index contributed by atoms with van der Waals surface area (Å²) in [5, 5.41) is 3.73. The first-order valence-corrected chi connectivity index (χ1v) is 8.06. The van der Waals surface area contributed by atoms with Crippen molar-refractivity contribution in [1.29, 1.82) is 0 Å². The molecule has 0 saturated heterocycles. The maximum atomic E-state index is 5.42. The van der Waals surface area contributed by atoms with E-state index in [1.54, 1.807) is 7.11 Å². The Bertz CT molecular complexity index is 402. The molecule has 1 saturated carbocycles. The minimum absolute atomic E-state index is 0.670. The molecule has 2 rings (SSSR count). The van der Waals surface area contributed by atoms with Crippen molar-refractivity contribution in [2.75, 3.05) is 7.11 Å². The molecule has 0 aromatic heterocycles. The molecule has 0 heterocycles. The van der Waals surface area contributed by atoms with Crippen LogP contribution in [0.4, 0.5) is 0 Å². The predicted octanol–water partition coefficient (Wildman–Crippen LogP) is 4.39. The van der Waals surface area contributed by atoms with Crippen molar-refractivity contribution in [2.24, 2.45) is 11.8 Å². The number of methoxy groups -OCH3 is 1. The van der Waals surface area contributed by atoms with Gasteiger partial charge in [-0.15, -0.1) is 0 Å². The summed E-state index contributed by atoms with van der Waals surface area (Å²) in [5.41, 5.74) is 1.26. The fourth-order valence-electron chi connectivity index (χ4n) is 3.30. The highest BCUT2D eigenvalue weighted by molar-refractivity contribution is 5.33. The first kappa shape index (κ1) is 15.4. The smallest absolute Gasteiger partial charge is 0.123 e. The molecule has 1 aromatic carbocycles. The van der Waals surface area contributed by atoms with E-state index in [1.165, 1.54) is 37.7 Å². The van der Waals surface area contributed by atoms with Gasteiger partial charge in [-0.2, -0.15) is 0 Å². The Morgan fingerprint density at radius 1 is 1.15 bits per heavy atom. The molecule has 20 heavy (non-hydrogen) atoms. The Balaban J connectivity index is 1.85.